The van der Waals surface area contributed by atoms with Crippen molar-refractivity contribution in [2.75, 3.05) is 19.0 Å². The Hall–Kier alpha value is -1.49. The SMILES string of the molecule is CCOC(=O)CCS[C@@H](C(=O)OCC)c1ccccc1C. The lowest BCUT2D eigenvalue weighted by atomic mass is 10.1. The van der Waals surface area contributed by atoms with Crippen molar-refractivity contribution < 1.29 is 19.1 Å². The second kappa shape index (κ2) is 9.45. The van der Waals surface area contributed by atoms with E-state index in [0.29, 0.717) is 25.4 Å². The summed E-state index contributed by atoms with van der Waals surface area (Å²) >= 11 is 1.42. The van der Waals surface area contributed by atoms with Crippen molar-refractivity contribution in [3.63, 3.8) is 0 Å². The van der Waals surface area contributed by atoms with E-state index >= 15 is 0 Å². The molecule has 0 fully saturated rings. The molecule has 0 saturated carbocycles. The maximum Gasteiger partial charge on any atom is 0.323 e. The Balaban J connectivity index is 2.72. The Morgan fingerprint density at radius 1 is 1.14 bits per heavy atom. The van der Waals surface area contributed by atoms with Gasteiger partial charge in [-0.3, -0.25) is 9.59 Å². The molecule has 0 aliphatic rings. The van der Waals surface area contributed by atoms with Crippen LogP contribution in [0.4, 0.5) is 0 Å². The van der Waals surface area contributed by atoms with E-state index < -0.39 is 5.25 Å². The molecule has 4 nitrogen and oxygen atoms in total. The summed E-state index contributed by atoms with van der Waals surface area (Å²) in [7, 11) is 0. The summed E-state index contributed by atoms with van der Waals surface area (Å²) in [6.07, 6.45) is 0.292. The van der Waals surface area contributed by atoms with Crippen molar-refractivity contribution >= 4 is 23.7 Å². The number of thioether (sulfide) groups is 1. The van der Waals surface area contributed by atoms with Gasteiger partial charge < -0.3 is 9.47 Å². The highest BCUT2D eigenvalue weighted by Crippen LogP contribution is 2.32. The van der Waals surface area contributed by atoms with E-state index in [-0.39, 0.29) is 11.9 Å². The quantitative estimate of drug-likeness (QED) is 0.690. The van der Waals surface area contributed by atoms with Gasteiger partial charge in [0.25, 0.3) is 0 Å². The molecule has 5 heteroatoms. The fourth-order valence-corrected chi connectivity index (χ4v) is 3.05. The van der Waals surface area contributed by atoms with Crippen molar-refractivity contribution in [2.45, 2.75) is 32.4 Å². The molecular weight excluding hydrogens is 288 g/mol. The highest BCUT2D eigenvalue weighted by molar-refractivity contribution is 8.00. The molecule has 116 valence electrons. The van der Waals surface area contributed by atoms with Gasteiger partial charge in [0.05, 0.1) is 19.6 Å². The summed E-state index contributed by atoms with van der Waals surface area (Å²) in [6.45, 7) is 6.26. The topological polar surface area (TPSA) is 52.6 Å². The summed E-state index contributed by atoms with van der Waals surface area (Å²) in [5, 5.41) is -0.402. The normalized spacial score (nSPS) is 11.8. The van der Waals surface area contributed by atoms with Crippen LogP contribution in [0.25, 0.3) is 0 Å². The van der Waals surface area contributed by atoms with Crippen molar-refractivity contribution in [3.8, 4) is 0 Å². The number of aryl methyl sites for hydroxylation is 1. The van der Waals surface area contributed by atoms with Crippen molar-refractivity contribution in [1.82, 2.24) is 0 Å². The molecule has 0 amide bonds. The lowest BCUT2D eigenvalue weighted by Crippen LogP contribution is -2.15. The Morgan fingerprint density at radius 3 is 2.43 bits per heavy atom. The van der Waals surface area contributed by atoms with Crippen LogP contribution in [0.15, 0.2) is 24.3 Å². The van der Waals surface area contributed by atoms with E-state index in [9.17, 15) is 9.59 Å². The summed E-state index contributed by atoms with van der Waals surface area (Å²) in [5.74, 6) is 0.0226. The first-order chi connectivity index (χ1) is 10.1. The first-order valence-electron chi connectivity index (χ1n) is 7.09. The van der Waals surface area contributed by atoms with Gasteiger partial charge in [0.2, 0.25) is 0 Å². The number of benzene rings is 1. The predicted molar refractivity (Wildman–Crippen MR) is 84.3 cm³/mol. The van der Waals surface area contributed by atoms with Crippen molar-refractivity contribution in [3.05, 3.63) is 35.4 Å². The van der Waals surface area contributed by atoms with Crippen LogP contribution in [0.3, 0.4) is 0 Å². The van der Waals surface area contributed by atoms with Gasteiger partial charge in [-0.1, -0.05) is 24.3 Å². The van der Waals surface area contributed by atoms with E-state index in [0.717, 1.165) is 11.1 Å². The molecular formula is C16H22O4S. The number of hydrogen-bond donors (Lipinski definition) is 0. The van der Waals surface area contributed by atoms with Crippen LogP contribution in [-0.2, 0) is 19.1 Å². The molecule has 0 aliphatic heterocycles. The summed E-state index contributed by atoms with van der Waals surface area (Å²) in [5.41, 5.74) is 1.98. The van der Waals surface area contributed by atoms with E-state index in [4.69, 9.17) is 9.47 Å². The number of ether oxygens (including phenoxy) is 2. The lowest BCUT2D eigenvalue weighted by molar-refractivity contribution is -0.143. The first kappa shape index (κ1) is 17.6. The zero-order valence-electron chi connectivity index (χ0n) is 12.8. The van der Waals surface area contributed by atoms with Crippen LogP contribution < -0.4 is 0 Å². The molecule has 1 aromatic carbocycles. The molecule has 21 heavy (non-hydrogen) atoms. The van der Waals surface area contributed by atoms with Crippen LogP contribution >= 0.6 is 11.8 Å². The second-order valence-electron chi connectivity index (χ2n) is 4.41. The zero-order valence-corrected chi connectivity index (χ0v) is 13.6. The molecule has 0 radical (unpaired) electrons. The fourth-order valence-electron chi connectivity index (χ4n) is 1.88. The van der Waals surface area contributed by atoms with Crippen LogP contribution in [-0.4, -0.2) is 30.9 Å². The highest BCUT2D eigenvalue weighted by Gasteiger charge is 2.24. The monoisotopic (exact) mass is 310 g/mol. The number of hydrogen-bond acceptors (Lipinski definition) is 5. The molecule has 0 heterocycles. The van der Waals surface area contributed by atoms with Crippen LogP contribution in [0.1, 0.15) is 36.6 Å². The molecule has 1 aromatic rings. The van der Waals surface area contributed by atoms with Crippen LogP contribution in [0.2, 0.25) is 0 Å². The third kappa shape index (κ3) is 5.79. The van der Waals surface area contributed by atoms with E-state index in [2.05, 4.69) is 0 Å². The van der Waals surface area contributed by atoms with Gasteiger partial charge in [-0.15, -0.1) is 11.8 Å². The minimum absolute atomic E-state index is 0.239. The lowest BCUT2D eigenvalue weighted by Gasteiger charge is -2.17. The number of esters is 2. The minimum Gasteiger partial charge on any atom is -0.466 e. The van der Waals surface area contributed by atoms with E-state index in [1.807, 2.05) is 31.2 Å². The van der Waals surface area contributed by atoms with Gasteiger partial charge in [-0.2, -0.15) is 0 Å². The van der Waals surface area contributed by atoms with Gasteiger partial charge in [0.1, 0.15) is 5.25 Å². The van der Waals surface area contributed by atoms with Crippen molar-refractivity contribution in [1.29, 1.82) is 0 Å². The Morgan fingerprint density at radius 2 is 1.81 bits per heavy atom. The summed E-state index contributed by atoms with van der Waals surface area (Å²) in [4.78, 5) is 23.5. The van der Waals surface area contributed by atoms with Crippen LogP contribution in [0.5, 0.6) is 0 Å². The summed E-state index contributed by atoms with van der Waals surface area (Å²) in [6, 6.07) is 7.73. The molecule has 0 aromatic heterocycles. The predicted octanol–water partition coefficient (Wildman–Crippen LogP) is 3.29. The van der Waals surface area contributed by atoms with Crippen LogP contribution in [0, 0.1) is 6.92 Å². The van der Waals surface area contributed by atoms with Crippen molar-refractivity contribution in [2.24, 2.45) is 0 Å². The van der Waals surface area contributed by atoms with E-state index in [1.54, 1.807) is 13.8 Å². The average Bonchev–Trinajstić information content (AvgIpc) is 2.45. The van der Waals surface area contributed by atoms with Gasteiger partial charge in [-0.05, 0) is 31.9 Å². The molecule has 0 spiro atoms. The third-order valence-electron chi connectivity index (χ3n) is 2.87. The molecule has 0 N–H and O–H groups in total. The minimum atomic E-state index is -0.402. The van der Waals surface area contributed by atoms with Gasteiger partial charge >= 0.3 is 11.9 Å². The molecule has 1 atom stereocenters. The molecule has 0 aliphatic carbocycles. The molecule has 1 rings (SSSR count). The van der Waals surface area contributed by atoms with Gasteiger partial charge in [0, 0.05) is 5.75 Å². The van der Waals surface area contributed by atoms with Gasteiger partial charge in [0.15, 0.2) is 0 Å². The fraction of sp³-hybridized carbons (Fsp3) is 0.500. The zero-order chi connectivity index (χ0) is 15.7. The highest BCUT2D eigenvalue weighted by atomic mass is 32.2. The van der Waals surface area contributed by atoms with Gasteiger partial charge in [-0.25, -0.2) is 0 Å². The standard InChI is InChI=1S/C16H22O4S/c1-4-19-14(17)10-11-21-15(16(18)20-5-2)13-9-7-6-8-12(13)3/h6-9,15H,4-5,10-11H2,1-3H3/t15-/m1/s1. The largest absolute Gasteiger partial charge is 0.466 e. The summed E-state index contributed by atoms with van der Waals surface area (Å²) < 4.78 is 10.0. The smallest absolute Gasteiger partial charge is 0.323 e. The maximum absolute atomic E-state index is 12.1. The average molecular weight is 310 g/mol. The molecule has 0 bridgehead atoms. The number of carbonyl (C=O) groups excluding carboxylic acids is 2. The third-order valence-corrected chi connectivity index (χ3v) is 4.09. The molecule has 0 saturated heterocycles. The Labute approximate surface area is 130 Å². The second-order valence-corrected chi connectivity index (χ2v) is 5.63. The maximum atomic E-state index is 12.1. The Bertz CT molecular complexity index is 473. The molecule has 0 unspecified atom stereocenters. The Kier molecular flexibility index (Phi) is 7.90. The van der Waals surface area contributed by atoms with E-state index in [1.165, 1.54) is 11.8 Å². The number of rotatable bonds is 8. The first-order valence-corrected chi connectivity index (χ1v) is 8.14. The number of carbonyl (C=O) groups is 2.